The lowest BCUT2D eigenvalue weighted by atomic mass is 9.71. The highest BCUT2D eigenvalue weighted by Gasteiger charge is 2.66. The number of hydrogen-bond donors (Lipinski definition) is 2. The lowest BCUT2D eigenvalue weighted by Crippen LogP contribution is -2.46. The summed E-state index contributed by atoms with van der Waals surface area (Å²) in [6.45, 7) is 6.86. The van der Waals surface area contributed by atoms with Crippen molar-refractivity contribution >= 4 is 29.1 Å². The Bertz CT molecular complexity index is 1370. The molecular weight excluding hydrogens is 522 g/mol. The van der Waals surface area contributed by atoms with Crippen molar-refractivity contribution in [1.29, 1.82) is 0 Å². The van der Waals surface area contributed by atoms with E-state index in [0.29, 0.717) is 26.1 Å². The molecule has 2 N–H and O–H groups in total. The highest BCUT2D eigenvalue weighted by atomic mass is 16.5. The number of β-lactam (4-membered cyclic amide) rings is 1. The second-order valence-electron chi connectivity index (χ2n) is 12.5. The molecule has 1 spiro atoms. The molecule has 3 amide bonds. The minimum atomic E-state index is -1.35. The van der Waals surface area contributed by atoms with Gasteiger partial charge in [0.05, 0.1) is 43.0 Å². The molecule has 0 aromatic heterocycles. The van der Waals surface area contributed by atoms with E-state index < -0.39 is 29.1 Å². The van der Waals surface area contributed by atoms with Gasteiger partial charge in [-0.1, -0.05) is 37.3 Å². The number of amides is 3. The Balaban J connectivity index is 1.33. The molecule has 9 nitrogen and oxygen atoms in total. The molecule has 0 unspecified atom stereocenters. The van der Waals surface area contributed by atoms with Gasteiger partial charge in [0.1, 0.15) is 0 Å². The van der Waals surface area contributed by atoms with Gasteiger partial charge in [-0.3, -0.25) is 14.4 Å². The van der Waals surface area contributed by atoms with Gasteiger partial charge in [-0.25, -0.2) is 0 Å². The van der Waals surface area contributed by atoms with Crippen LogP contribution >= 0.6 is 0 Å². The molecule has 0 saturated carbocycles. The van der Waals surface area contributed by atoms with E-state index in [-0.39, 0.29) is 36.8 Å². The molecule has 0 aliphatic carbocycles. The van der Waals surface area contributed by atoms with Crippen molar-refractivity contribution in [3.63, 3.8) is 0 Å². The van der Waals surface area contributed by atoms with Crippen molar-refractivity contribution in [3.05, 3.63) is 59.7 Å². The van der Waals surface area contributed by atoms with Crippen LogP contribution in [0.15, 0.2) is 48.5 Å². The zero-order valence-electron chi connectivity index (χ0n) is 24.0. The van der Waals surface area contributed by atoms with Crippen LogP contribution in [0, 0.1) is 11.8 Å². The van der Waals surface area contributed by atoms with E-state index in [2.05, 4.69) is 0 Å². The molecule has 4 aliphatic rings. The number of hydrogen-bond acceptors (Lipinski definition) is 6. The van der Waals surface area contributed by atoms with Crippen molar-refractivity contribution in [2.24, 2.45) is 11.8 Å². The van der Waals surface area contributed by atoms with Crippen molar-refractivity contribution in [2.75, 3.05) is 29.5 Å². The van der Waals surface area contributed by atoms with Gasteiger partial charge >= 0.3 is 0 Å². The summed E-state index contributed by atoms with van der Waals surface area (Å²) in [5.41, 5.74) is 0.640. The zero-order chi connectivity index (χ0) is 29.1. The second-order valence-corrected chi connectivity index (χ2v) is 12.5. The van der Waals surface area contributed by atoms with E-state index in [4.69, 9.17) is 4.74 Å². The van der Waals surface area contributed by atoms with Gasteiger partial charge in [-0.05, 0) is 50.5 Å². The molecule has 2 aromatic carbocycles. The van der Waals surface area contributed by atoms with Crippen molar-refractivity contribution < 1.29 is 29.3 Å². The van der Waals surface area contributed by atoms with Gasteiger partial charge in [-0.2, -0.15) is 0 Å². The van der Waals surface area contributed by atoms with Crippen LogP contribution in [-0.4, -0.2) is 70.3 Å². The summed E-state index contributed by atoms with van der Waals surface area (Å²) in [6, 6.07) is 15.1. The number of aliphatic hydroxyl groups is 2. The minimum Gasteiger partial charge on any atom is -0.394 e. The lowest BCUT2D eigenvalue weighted by Gasteiger charge is -2.34. The third-order valence-corrected chi connectivity index (χ3v) is 9.59. The highest BCUT2D eigenvalue weighted by Crippen LogP contribution is 2.58. The molecule has 3 saturated heterocycles. The first-order chi connectivity index (χ1) is 19.6. The largest absolute Gasteiger partial charge is 0.394 e. The molecule has 0 radical (unpaired) electrons. The molecule has 2 aromatic rings. The molecule has 9 heteroatoms. The Morgan fingerprint density at radius 3 is 2.59 bits per heavy atom. The van der Waals surface area contributed by atoms with Crippen LogP contribution in [0.1, 0.15) is 57.6 Å². The van der Waals surface area contributed by atoms with Gasteiger partial charge in [0, 0.05) is 42.6 Å². The normalized spacial score (nSPS) is 29.4. The summed E-state index contributed by atoms with van der Waals surface area (Å²) in [7, 11) is 0. The van der Waals surface area contributed by atoms with Crippen LogP contribution in [0.4, 0.5) is 11.4 Å². The fraction of sp³-hybridized carbons (Fsp3) is 0.531. The molecule has 4 aliphatic heterocycles. The molecular formula is C32H39N3O6. The van der Waals surface area contributed by atoms with E-state index in [0.717, 1.165) is 35.3 Å². The monoisotopic (exact) mass is 561 g/mol. The zero-order valence-corrected chi connectivity index (χ0v) is 24.0. The number of anilines is 2. The van der Waals surface area contributed by atoms with Gasteiger partial charge < -0.3 is 29.6 Å². The number of para-hydroxylation sites is 1. The second kappa shape index (κ2) is 10.2. The summed E-state index contributed by atoms with van der Waals surface area (Å²) in [5.74, 6) is -1.15. The number of carbonyl (C=O) groups is 3. The number of nitrogens with zero attached hydrogens (tertiary/aromatic N) is 3. The first-order valence-corrected chi connectivity index (χ1v) is 14.7. The summed E-state index contributed by atoms with van der Waals surface area (Å²) in [6.07, 6.45) is 1.49. The van der Waals surface area contributed by atoms with Crippen LogP contribution in [-0.2, 0) is 31.3 Å². The first kappa shape index (κ1) is 27.9. The molecule has 4 heterocycles. The van der Waals surface area contributed by atoms with Crippen LogP contribution in [0.5, 0.6) is 0 Å². The predicted octanol–water partition coefficient (Wildman–Crippen LogP) is 2.96. The SMILES string of the molecule is C[C@H]1[C@H](C(C)(C)O)[C@@H](CC(=O)N2CCC[C@H]2CO)O[C@]12C(=O)N(Cc1cccc(N3CCC3=O)c1)c1ccccc12. The van der Waals surface area contributed by atoms with E-state index in [1.165, 1.54) is 0 Å². The van der Waals surface area contributed by atoms with Crippen LogP contribution in [0.25, 0.3) is 0 Å². The van der Waals surface area contributed by atoms with Crippen LogP contribution in [0.2, 0.25) is 0 Å². The minimum absolute atomic E-state index is 0.0264. The Labute approximate surface area is 240 Å². The first-order valence-electron chi connectivity index (χ1n) is 14.7. The maximum absolute atomic E-state index is 14.5. The summed E-state index contributed by atoms with van der Waals surface area (Å²) in [4.78, 5) is 45.2. The van der Waals surface area contributed by atoms with Crippen LogP contribution in [0.3, 0.4) is 0 Å². The van der Waals surface area contributed by atoms with Gasteiger partial charge in [0.15, 0.2) is 5.60 Å². The van der Waals surface area contributed by atoms with E-state index in [1.54, 1.807) is 28.5 Å². The number of ether oxygens (including phenoxy) is 1. The van der Waals surface area contributed by atoms with Crippen molar-refractivity contribution in [2.45, 2.75) is 76.3 Å². The Morgan fingerprint density at radius 1 is 1.12 bits per heavy atom. The molecule has 5 atom stereocenters. The number of rotatable bonds is 7. The number of likely N-dealkylation sites (tertiary alicyclic amines) is 1. The average molecular weight is 562 g/mol. The summed E-state index contributed by atoms with van der Waals surface area (Å²) in [5, 5.41) is 21.1. The maximum Gasteiger partial charge on any atom is 0.264 e. The van der Waals surface area contributed by atoms with Crippen molar-refractivity contribution in [3.8, 4) is 0 Å². The summed E-state index contributed by atoms with van der Waals surface area (Å²) < 4.78 is 6.76. The van der Waals surface area contributed by atoms with E-state index >= 15 is 0 Å². The topological polar surface area (TPSA) is 111 Å². The van der Waals surface area contributed by atoms with Crippen molar-refractivity contribution in [1.82, 2.24) is 4.90 Å². The van der Waals surface area contributed by atoms with Gasteiger partial charge in [-0.15, -0.1) is 0 Å². The van der Waals surface area contributed by atoms with Crippen LogP contribution < -0.4 is 9.80 Å². The third kappa shape index (κ3) is 4.45. The quantitative estimate of drug-likeness (QED) is 0.503. The average Bonchev–Trinajstić information content (AvgIpc) is 3.59. The molecule has 218 valence electrons. The fourth-order valence-corrected chi connectivity index (χ4v) is 7.63. The number of benzene rings is 2. The smallest absolute Gasteiger partial charge is 0.264 e. The molecule has 3 fully saturated rings. The van der Waals surface area contributed by atoms with E-state index in [1.807, 2.05) is 55.5 Å². The Hall–Kier alpha value is -3.27. The number of carbonyl (C=O) groups excluding carboxylic acids is 3. The number of aliphatic hydroxyl groups excluding tert-OH is 1. The summed E-state index contributed by atoms with van der Waals surface area (Å²) >= 11 is 0. The lowest BCUT2D eigenvalue weighted by molar-refractivity contribution is -0.150. The van der Waals surface area contributed by atoms with Gasteiger partial charge in [0.2, 0.25) is 11.8 Å². The van der Waals surface area contributed by atoms with E-state index in [9.17, 15) is 24.6 Å². The fourth-order valence-electron chi connectivity index (χ4n) is 7.63. The third-order valence-electron chi connectivity index (χ3n) is 9.59. The Morgan fingerprint density at radius 2 is 1.90 bits per heavy atom. The molecule has 6 rings (SSSR count). The van der Waals surface area contributed by atoms with Gasteiger partial charge in [0.25, 0.3) is 5.91 Å². The number of fused-ring (bicyclic) bond motifs is 2. The standard InChI is InChI=1S/C32H39N3O6/c1-20-29(31(2,3)40)26(17-28(38)33-14-7-10-23(33)19-36)41-32(20)24-11-4-5-12-25(24)35(30(32)39)18-21-8-6-9-22(16-21)34-15-13-27(34)37/h4-6,8-9,11-12,16,20,23,26,29,36,40H,7,10,13-15,17-19H2,1-3H3/t20-,23-,26+,29-,32+/m0/s1. The maximum atomic E-state index is 14.5. The predicted molar refractivity (Wildman–Crippen MR) is 153 cm³/mol. The highest BCUT2D eigenvalue weighted by molar-refractivity contribution is 6.07. The molecule has 41 heavy (non-hydrogen) atoms. The molecule has 0 bridgehead atoms. The Kier molecular flexibility index (Phi) is 6.95.